The van der Waals surface area contributed by atoms with Gasteiger partial charge in [-0.1, -0.05) is 30.3 Å². The molecular formula is C14H11N3S. The SMILES string of the molecule is N/N=C(\c1cccs1)c1nccc2ccccc12. The summed E-state index contributed by atoms with van der Waals surface area (Å²) in [6.45, 7) is 0. The highest BCUT2D eigenvalue weighted by Gasteiger charge is 2.12. The minimum atomic E-state index is 0.738. The summed E-state index contributed by atoms with van der Waals surface area (Å²) in [5.74, 6) is 5.54. The Hall–Kier alpha value is -2.20. The third-order valence-electron chi connectivity index (χ3n) is 2.78. The second kappa shape index (κ2) is 4.58. The lowest BCUT2D eigenvalue weighted by atomic mass is 10.1. The average molecular weight is 253 g/mol. The number of pyridine rings is 1. The molecule has 4 heteroatoms. The van der Waals surface area contributed by atoms with Crippen LogP contribution in [0.25, 0.3) is 10.8 Å². The molecule has 88 valence electrons. The number of hydrazone groups is 1. The van der Waals surface area contributed by atoms with E-state index >= 15 is 0 Å². The molecule has 0 aliphatic heterocycles. The van der Waals surface area contributed by atoms with Crippen LogP contribution in [0.1, 0.15) is 10.6 Å². The second-order valence-corrected chi connectivity index (χ2v) is 4.78. The molecule has 2 aromatic heterocycles. The number of hydrogen-bond acceptors (Lipinski definition) is 4. The maximum absolute atomic E-state index is 5.54. The fraction of sp³-hybridized carbons (Fsp3) is 0. The fourth-order valence-electron chi connectivity index (χ4n) is 1.96. The molecule has 2 N–H and O–H groups in total. The number of benzene rings is 1. The number of aromatic nitrogens is 1. The normalized spacial score (nSPS) is 11.9. The van der Waals surface area contributed by atoms with Crippen LogP contribution in [0.3, 0.4) is 0 Å². The summed E-state index contributed by atoms with van der Waals surface area (Å²) in [6.07, 6.45) is 1.79. The highest BCUT2D eigenvalue weighted by Crippen LogP contribution is 2.21. The second-order valence-electron chi connectivity index (χ2n) is 3.84. The van der Waals surface area contributed by atoms with Gasteiger partial charge in [-0.2, -0.15) is 5.10 Å². The Morgan fingerprint density at radius 3 is 2.78 bits per heavy atom. The molecule has 2 heterocycles. The fourth-order valence-corrected chi connectivity index (χ4v) is 2.68. The standard InChI is InChI=1S/C14H11N3S/c15-17-14(12-6-3-9-18-12)13-11-5-2-1-4-10(11)7-8-16-13/h1-9H,15H2/b17-14+. The third kappa shape index (κ3) is 1.76. The molecule has 0 saturated carbocycles. The summed E-state index contributed by atoms with van der Waals surface area (Å²) in [6, 6.07) is 14.1. The van der Waals surface area contributed by atoms with Crippen molar-refractivity contribution in [3.05, 3.63) is 64.6 Å². The van der Waals surface area contributed by atoms with Crippen molar-refractivity contribution in [1.29, 1.82) is 0 Å². The van der Waals surface area contributed by atoms with Crippen LogP contribution in [-0.4, -0.2) is 10.7 Å². The van der Waals surface area contributed by atoms with Gasteiger partial charge in [0.25, 0.3) is 0 Å². The smallest absolute Gasteiger partial charge is 0.126 e. The van der Waals surface area contributed by atoms with E-state index in [1.807, 2.05) is 41.8 Å². The molecule has 1 aromatic carbocycles. The van der Waals surface area contributed by atoms with E-state index in [2.05, 4.69) is 16.2 Å². The molecule has 0 fully saturated rings. The Morgan fingerprint density at radius 2 is 2.00 bits per heavy atom. The van der Waals surface area contributed by atoms with Gasteiger partial charge in [0.1, 0.15) is 5.71 Å². The molecule has 0 aliphatic rings. The van der Waals surface area contributed by atoms with E-state index in [4.69, 9.17) is 5.84 Å². The van der Waals surface area contributed by atoms with Gasteiger partial charge in [-0.15, -0.1) is 11.3 Å². The lowest BCUT2D eigenvalue weighted by molar-refractivity contribution is 1.22. The molecule has 0 amide bonds. The van der Waals surface area contributed by atoms with E-state index in [1.54, 1.807) is 17.5 Å². The number of nitrogens with two attached hydrogens (primary N) is 1. The predicted octanol–water partition coefficient (Wildman–Crippen LogP) is 3.01. The molecule has 3 nitrogen and oxygen atoms in total. The predicted molar refractivity (Wildman–Crippen MR) is 75.9 cm³/mol. The van der Waals surface area contributed by atoms with E-state index in [0.29, 0.717) is 0 Å². The van der Waals surface area contributed by atoms with Crippen LogP contribution in [0.15, 0.2) is 59.1 Å². The Morgan fingerprint density at radius 1 is 1.11 bits per heavy atom. The van der Waals surface area contributed by atoms with Crippen LogP contribution in [0, 0.1) is 0 Å². The van der Waals surface area contributed by atoms with Crippen molar-refractivity contribution in [1.82, 2.24) is 4.98 Å². The van der Waals surface area contributed by atoms with E-state index in [9.17, 15) is 0 Å². The van der Waals surface area contributed by atoms with E-state index < -0.39 is 0 Å². The van der Waals surface area contributed by atoms with Crippen molar-refractivity contribution in [2.75, 3.05) is 0 Å². The van der Waals surface area contributed by atoms with Crippen molar-refractivity contribution in [3.63, 3.8) is 0 Å². The van der Waals surface area contributed by atoms with E-state index in [1.165, 1.54) is 0 Å². The van der Waals surface area contributed by atoms with Crippen LogP contribution in [0.4, 0.5) is 0 Å². The van der Waals surface area contributed by atoms with Crippen LogP contribution in [0.2, 0.25) is 0 Å². The first-order chi connectivity index (χ1) is 8.90. The number of fused-ring (bicyclic) bond motifs is 1. The Balaban J connectivity index is 2.26. The summed E-state index contributed by atoms with van der Waals surface area (Å²) in [5.41, 5.74) is 1.57. The first kappa shape index (κ1) is 10.9. The zero-order valence-corrected chi connectivity index (χ0v) is 10.4. The Kier molecular flexibility index (Phi) is 2.78. The van der Waals surface area contributed by atoms with E-state index in [-0.39, 0.29) is 0 Å². The summed E-state index contributed by atoms with van der Waals surface area (Å²) in [7, 11) is 0. The van der Waals surface area contributed by atoms with Crippen molar-refractivity contribution in [2.45, 2.75) is 0 Å². The van der Waals surface area contributed by atoms with Crippen molar-refractivity contribution >= 4 is 27.8 Å². The highest BCUT2D eigenvalue weighted by atomic mass is 32.1. The summed E-state index contributed by atoms with van der Waals surface area (Å²) < 4.78 is 0. The lowest BCUT2D eigenvalue weighted by Crippen LogP contribution is -2.07. The zero-order chi connectivity index (χ0) is 12.4. The van der Waals surface area contributed by atoms with Gasteiger partial charge >= 0.3 is 0 Å². The first-order valence-electron chi connectivity index (χ1n) is 5.56. The van der Waals surface area contributed by atoms with Crippen molar-refractivity contribution in [3.8, 4) is 0 Å². The lowest BCUT2D eigenvalue weighted by Gasteiger charge is -2.06. The number of rotatable bonds is 2. The minimum Gasteiger partial charge on any atom is -0.323 e. The average Bonchev–Trinajstić information content (AvgIpc) is 2.94. The van der Waals surface area contributed by atoms with Gasteiger partial charge in [0.05, 0.1) is 10.6 Å². The number of thiophene rings is 1. The third-order valence-corrected chi connectivity index (χ3v) is 3.66. The molecule has 0 bridgehead atoms. The summed E-state index contributed by atoms with van der Waals surface area (Å²) >= 11 is 1.61. The van der Waals surface area contributed by atoms with Gasteiger partial charge < -0.3 is 5.84 Å². The first-order valence-corrected chi connectivity index (χ1v) is 6.44. The van der Waals surface area contributed by atoms with Gasteiger partial charge in [-0.3, -0.25) is 4.98 Å². The quantitative estimate of drug-likeness (QED) is 0.433. The molecule has 0 unspecified atom stereocenters. The summed E-state index contributed by atoms with van der Waals surface area (Å²) in [4.78, 5) is 5.46. The van der Waals surface area contributed by atoms with Crippen molar-refractivity contribution < 1.29 is 0 Å². The number of nitrogens with zero attached hydrogens (tertiary/aromatic N) is 2. The van der Waals surface area contributed by atoms with Crippen LogP contribution < -0.4 is 5.84 Å². The molecule has 3 aromatic rings. The van der Waals surface area contributed by atoms with E-state index in [0.717, 1.165) is 27.1 Å². The van der Waals surface area contributed by atoms with Crippen LogP contribution in [-0.2, 0) is 0 Å². The van der Waals surface area contributed by atoms with Gasteiger partial charge in [0, 0.05) is 11.6 Å². The van der Waals surface area contributed by atoms with Gasteiger partial charge in [0.15, 0.2) is 0 Å². The van der Waals surface area contributed by atoms with Crippen LogP contribution in [0.5, 0.6) is 0 Å². The van der Waals surface area contributed by atoms with Gasteiger partial charge in [0.2, 0.25) is 0 Å². The maximum Gasteiger partial charge on any atom is 0.126 e. The topological polar surface area (TPSA) is 51.3 Å². The largest absolute Gasteiger partial charge is 0.323 e. The molecule has 0 spiro atoms. The minimum absolute atomic E-state index is 0.738. The van der Waals surface area contributed by atoms with Gasteiger partial charge in [-0.25, -0.2) is 0 Å². The zero-order valence-electron chi connectivity index (χ0n) is 9.58. The molecule has 3 rings (SSSR count). The van der Waals surface area contributed by atoms with Crippen LogP contribution >= 0.6 is 11.3 Å². The molecule has 0 radical (unpaired) electrons. The molecule has 0 atom stereocenters. The molecule has 0 aliphatic carbocycles. The highest BCUT2D eigenvalue weighted by molar-refractivity contribution is 7.12. The molecular weight excluding hydrogens is 242 g/mol. The Labute approximate surface area is 109 Å². The molecule has 18 heavy (non-hydrogen) atoms. The monoisotopic (exact) mass is 253 g/mol. The maximum atomic E-state index is 5.54. The number of hydrogen-bond donors (Lipinski definition) is 1. The Bertz CT molecular complexity index is 697. The van der Waals surface area contributed by atoms with Gasteiger partial charge in [-0.05, 0) is 22.9 Å². The molecule has 0 saturated heterocycles. The summed E-state index contributed by atoms with van der Waals surface area (Å²) in [5, 5.41) is 8.13. The van der Waals surface area contributed by atoms with Crippen molar-refractivity contribution in [2.24, 2.45) is 10.9 Å².